The number of H-pyrrole nitrogens is 1. The normalized spacial score (nSPS) is 10.5. The van der Waals surface area contributed by atoms with Gasteiger partial charge in [0, 0.05) is 38.1 Å². The fourth-order valence-electron chi connectivity index (χ4n) is 1.65. The lowest BCUT2D eigenvalue weighted by molar-refractivity contribution is 0.0953. The third kappa shape index (κ3) is 2.72. The van der Waals surface area contributed by atoms with E-state index in [-0.39, 0.29) is 5.91 Å². The molecule has 0 saturated carbocycles. The zero-order chi connectivity index (χ0) is 12.3. The summed E-state index contributed by atoms with van der Waals surface area (Å²) in [4.78, 5) is 18.7. The summed E-state index contributed by atoms with van der Waals surface area (Å²) in [7, 11) is 1.80. The molecule has 0 aromatic carbocycles. The van der Waals surface area contributed by atoms with E-state index in [0.29, 0.717) is 12.1 Å². The standard InChI is InChI=1S/C11H15N5O/c1-8-10(6-16(2)15-8)11(17)13-4-3-9-5-12-7-14-9/h5-7H,3-4H2,1-2H3,(H,12,14)(H,13,17). The van der Waals surface area contributed by atoms with Crippen LogP contribution in [0.25, 0.3) is 0 Å². The predicted octanol–water partition coefficient (Wildman–Crippen LogP) is 0.424. The highest BCUT2D eigenvalue weighted by molar-refractivity contribution is 5.94. The summed E-state index contributed by atoms with van der Waals surface area (Å²) in [6.07, 6.45) is 5.84. The van der Waals surface area contributed by atoms with Gasteiger partial charge in [0.2, 0.25) is 0 Å². The number of nitrogens with zero attached hydrogens (tertiary/aromatic N) is 3. The Kier molecular flexibility index (Phi) is 3.22. The van der Waals surface area contributed by atoms with Crippen LogP contribution in [0, 0.1) is 6.92 Å². The van der Waals surface area contributed by atoms with Gasteiger partial charge in [0.05, 0.1) is 17.6 Å². The molecule has 6 heteroatoms. The van der Waals surface area contributed by atoms with Crippen molar-refractivity contribution in [2.75, 3.05) is 6.54 Å². The maximum Gasteiger partial charge on any atom is 0.254 e. The van der Waals surface area contributed by atoms with Crippen molar-refractivity contribution in [1.29, 1.82) is 0 Å². The van der Waals surface area contributed by atoms with E-state index < -0.39 is 0 Å². The summed E-state index contributed by atoms with van der Waals surface area (Å²) in [5.41, 5.74) is 2.37. The molecule has 6 nitrogen and oxygen atoms in total. The van der Waals surface area contributed by atoms with Crippen LogP contribution in [0.2, 0.25) is 0 Å². The number of nitrogens with one attached hydrogen (secondary N) is 2. The van der Waals surface area contributed by atoms with Gasteiger partial charge >= 0.3 is 0 Å². The number of rotatable bonds is 4. The van der Waals surface area contributed by atoms with Gasteiger partial charge in [-0.3, -0.25) is 9.48 Å². The van der Waals surface area contributed by atoms with Crippen LogP contribution < -0.4 is 5.32 Å². The number of aromatic amines is 1. The van der Waals surface area contributed by atoms with Gasteiger partial charge in [-0.25, -0.2) is 4.98 Å². The van der Waals surface area contributed by atoms with Crippen LogP contribution >= 0.6 is 0 Å². The smallest absolute Gasteiger partial charge is 0.254 e. The lowest BCUT2D eigenvalue weighted by atomic mass is 10.2. The highest BCUT2D eigenvalue weighted by Gasteiger charge is 2.11. The molecule has 0 fully saturated rings. The minimum atomic E-state index is -0.0879. The van der Waals surface area contributed by atoms with Gasteiger partial charge in [0.1, 0.15) is 0 Å². The summed E-state index contributed by atoms with van der Waals surface area (Å²) in [6, 6.07) is 0. The van der Waals surface area contributed by atoms with Crippen LogP contribution in [0.1, 0.15) is 21.7 Å². The Bertz CT molecular complexity index is 500. The number of aromatic nitrogens is 4. The Labute approximate surface area is 99.1 Å². The molecule has 2 heterocycles. The van der Waals surface area contributed by atoms with Crippen molar-refractivity contribution in [1.82, 2.24) is 25.1 Å². The Balaban J connectivity index is 1.87. The first-order chi connectivity index (χ1) is 8.16. The number of amides is 1. The van der Waals surface area contributed by atoms with Gasteiger partial charge in [-0.1, -0.05) is 0 Å². The van der Waals surface area contributed by atoms with Crippen LogP contribution in [0.3, 0.4) is 0 Å². The predicted molar refractivity (Wildman–Crippen MR) is 62.6 cm³/mol. The summed E-state index contributed by atoms with van der Waals surface area (Å²) in [6.45, 7) is 2.40. The molecule has 90 valence electrons. The van der Waals surface area contributed by atoms with E-state index in [1.165, 1.54) is 0 Å². The summed E-state index contributed by atoms with van der Waals surface area (Å²) in [5.74, 6) is -0.0879. The minimum absolute atomic E-state index is 0.0879. The molecule has 17 heavy (non-hydrogen) atoms. The van der Waals surface area contributed by atoms with Crippen molar-refractivity contribution in [2.24, 2.45) is 7.05 Å². The molecule has 2 aromatic rings. The molecular weight excluding hydrogens is 218 g/mol. The molecule has 2 rings (SSSR count). The Hall–Kier alpha value is -2.11. The molecule has 2 aromatic heterocycles. The number of imidazole rings is 1. The van der Waals surface area contributed by atoms with E-state index in [4.69, 9.17) is 0 Å². The SMILES string of the molecule is Cc1nn(C)cc1C(=O)NCCc1cnc[nH]1. The van der Waals surface area contributed by atoms with Crippen LogP contribution in [0.15, 0.2) is 18.7 Å². The molecule has 0 aliphatic carbocycles. The Morgan fingerprint density at radius 1 is 1.59 bits per heavy atom. The second-order valence-corrected chi connectivity index (χ2v) is 3.88. The van der Waals surface area contributed by atoms with Crippen LogP contribution in [0.4, 0.5) is 0 Å². The fraction of sp³-hybridized carbons (Fsp3) is 0.364. The maximum atomic E-state index is 11.8. The fourth-order valence-corrected chi connectivity index (χ4v) is 1.65. The molecule has 0 bridgehead atoms. The number of carbonyl (C=O) groups is 1. The van der Waals surface area contributed by atoms with Gasteiger partial charge in [-0.05, 0) is 6.92 Å². The van der Waals surface area contributed by atoms with E-state index in [2.05, 4.69) is 20.4 Å². The lowest BCUT2D eigenvalue weighted by Gasteiger charge is -2.02. The number of hydrogen-bond donors (Lipinski definition) is 2. The average molecular weight is 233 g/mol. The average Bonchev–Trinajstić information content (AvgIpc) is 2.88. The zero-order valence-electron chi connectivity index (χ0n) is 9.90. The van der Waals surface area contributed by atoms with Crippen molar-refractivity contribution in [2.45, 2.75) is 13.3 Å². The largest absolute Gasteiger partial charge is 0.352 e. The van der Waals surface area contributed by atoms with E-state index in [1.54, 1.807) is 30.5 Å². The second-order valence-electron chi connectivity index (χ2n) is 3.88. The Morgan fingerprint density at radius 3 is 3.00 bits per heavy atom. The molecule has 0 unspecified atom stereocenters. The Morgan fingerprint density at radius 2 is 2.41 bits per heavy atom. The molecule has 0 atom stereocenters. The maximum absolute atomic E-state index is 11.8. The van der Waals surface area contributed by atoms with E-state index in [0.717, 1.165) is 17.8 Å². The van der Waals surface area contributed by atoms with Gasteiger partial charge < -0.3 is 10.3 Å². The van der Waals surface area contributed by atoms with Gasteiger partial charge in [-0.2, -0.15) is 5.10 Å². The minimum Gasteiger partial charge on any atom is -0.352 e. The van der Waals surface area contributed by atoms with E-state index in [1.807, 2.05) is 6.92 Å². The molecule has 0 radical (unpaired) electrons. The third-order valence-electron chi connectivity index (χ3n) is 2.49. The third-order valence-corrected chi connectivity index (χ3v) is 2.49. The van der Waals surface area contributed by atoms with Gasteiger partial charge in [0.15, 0.2) is 0 Å². The van der Waals surface area contributed by atoms with E-state index in [9.17, 15) is 4.79 Å². The lowest BCUT2D eigenvalue weighted by Crippen LogP contribution is -2.26. The van der Waals surface area contributed by atoms with Crippen molar-refractivity contribution >= 4 is 5.91 Å². The topological polar surface area (TPSA) is 75.6 Å². The van der Waals surface area contributed by atoms with Crippen molar-refractivity contribution in [3.8, 4) is 0 Å². The second kappa shape index (κ2) is 4.82. The first kappa shape index (κ1) is 11.4. The highest BCUT2D eigenvalue weighted by atomic mass is 16.1. The molecule has 2 N–H and O–H groups in total. The monoisotopic (exact) mass is 233 g/mol. The van der Waals surface area contributed by atoms with Gasteiger partial charge in [0.25, 0.3) is 5.91 Å². The van der Waals surface area contributed by atoms with Crippen LogP contribution in [-0.2, 0) is 13.5 Å². The first-order valence-electron chi connectivity index (χ1n) is 5.42. The first-order valence-corrected chi connectivity index (χ1v) is 5.42. The summed E-state index contributed by atoms with van der Waals surface area (Å²) in [5, 5.41) is 6.98. The molecule has 1 amide bonds. The molecule has 0 spiro atoms. The molecule has 0 aliphatic heterocycles. The number of carbonyl (C=O) groups excluding carboxylic acids is 1. The van der Waals surface area contributed by atoms with Crippen molar-refractivity contribution in [3.63, 3.8) is 0 Å². The molecule has 0 aliphatic rings. The van der Waals surface area contributed by atoms with Gasteiger partial charge in [-0.15, -0.1) is 0 Å². The van der Waals surface area contributed by atoms with Crippen LogP contribution in [-0.4, -0.2) is 32.2 Å². The van der Waals surface area contributed by atoms with Crippen LogP contribution in [0.5, 0.6) is 0 Å². The summed E-state index contributed by atoms with van der Waals surface area (Å²) < 4.78 is 1.64. The zero-order valence-corrected chi connectivity index (χ0v) is 9.90. The van der Waals surface area contributed by atoms with Crippen molar-refractivity contribution < 1.29 is 4.79 Å². The summed E-state index contributed by atoms with van der Waals surface area (Å²) >= 11 is 0. The molecule has 0 saturated heterocycles. The highest BCUT2D eigenvalue weighted by Crippen LogP contribution is 2.04. The van der Waals surface area contributed by atoms with E-state index >= 15 is 0 Å². The number of hydrogen-bond acceptors (Lipinski definition) is 3. The quantitative estimate of drug-likeness (QED) is 0.803. The van der Waals surface area contributed by atoms with Crippen molar-refractivity contribution in [3.05, 3.63) is 35.7 Å². The molecular formula is C11H15N5O. The number of aryl methyl sites for hydroxylation is 2.